The second-order valence-corrected chi connectivity index (χ2v) is 4.02. The maximum absolute atomic E-state index is 11.2. The van der Waals surface area contributed by atoms with Crippen LogP contribution in [-0.4, -0.2) is 37.5 Å². The number of hydrogen-bond acceptors (Lipinski definition) is 3. The summed E-state index contributed by atoms with van der Waals surface area (Å²) in [5, 5.41) is 11.2. The molecule has 0 aromatic rings. The third-order valence-corrected chi connectivity index (χ3v) is 1.95. The van der Waals surface area contributed by atoms with Crippen molar-refractivity contribution in [1.29, 1.82) is 5.26 Å². The van der Waals surface area contributed by atoms with Gasteiger partial charge in [-0.25, -0.2) is 0 Å². The van der Waals surface area contributed by atoms with Crippen molar-refractivity contribution in [3.63, 3.8) is 0 Å². The van der Waals surface area contributed by atoms with Crippen molar-refractivity contribution in [2.75, 3.05) is 20.6 Å². The number of likely N-dealkylation sites (N-methyl/N-ethyl adjacent to an activating group) is 1. The summed E-state index contributed by atoms with van der Waals surface area (Å²) in [6, 6.07) is 1.96. The standard InChI is InChI=1S/C10H19N3O/c1-8(2)9(7-13(3)4)12-10(14)5-6-11/h8-9H,5,7H2,1-4H3,(H,12,14). The minimum Gasteiger partial charge on any atom is -0.351 e. The topological polar surface area (TPSA) is 56.1 Å². The first-order chi connectivity index (χ1) is 6.47. The molecule has 0 bridgehead atoms. The first kappa shape index (κ1) is 12.9. The van der Waals surface area contributed by atoms with E-state index in [-0.39, 0.29) is 18.4 Å². The third-order valence-electron chi connectivity index (χ3n) is 1.95. The zero-order valence-corrected chi connectivity index (χ0v) is 9.37. The van der Waals surface area contributed by atoms with Gasteiger partial charge in [-0.2, -0.15) is 5.26 Å². The van der Waals surface area contributed by atoms with Crippen LogP contribution in [0.15, 0.2) is 0 Å². The second kappa shape index (κ2) is 6.39. The molecule has 0 aliphatic rings. The van der Waals surface area contributed by atoms with Crippen molar-refractivity contribution >= 4 is 5.91 Å². The Hall–Kier alpha value is -1.08. The van der Waals surface area contributed by atoms with Gasteiger partial charge in [-0.1, -0.05) is 13.8 Å². The summed E-state index contributed by atoms with van der Waals surface area (Å²) in [4.78, 5) is 13.2. The quantitative estimate of drug-likeness (QED) is 0.702. The normalized spacial score (nSPS) is 12.6. The minimum atomic E-state index is -0.187. The molecule has 0 radical (unpaired) electrons. The number of nitriles is 1. The number of hydrogen-bond donors (Lipinski definition) is 1. The fraction of sp³-hybridized carbons (Fsp3) is 0.800. The van der Waals surface area contributed by atoms with E-state index < -0.39 is 0 Å². The molecule has 4 heteroatoms. The molecular formula is C10H19N3O. The van der Waals surface area contributed by atoms with Gasteiger partial charge in [0.2, 0.25) is 5.91 Å². The highest BCUT2D eigenvalue weighted by Gasteiger charge is 2.16. The van der Waals surface area contributed by atoms with Crippen molar-refractivity contribution < 1.29 is 4.79 Å². The highest BCUT2D eigenvalue weighted by atomic mass is 16.1. The van der Waals surface area contributed by atoms with E-state index in [1.54, 1.807) is 0 Å². The highest BCUT2D eigenvalue weighted by Crippen LogP contribution is 2.02. The lowest BCUT2D eigenvalue weighted by molar-refractivity contribution is -0.121. The molecule has 14 heavy (non-hydrogen) atoms. The van der Waals surface area contributed by atoms with E-state index in [1.165, 1.54) is 0 Å². The Bertz CT molecular complexity index is 218. The fourth-order valence-corrected chi connectivity index (χ4v) is 1.15. The summed E-state index contributed by atoms with van der Waals surface area (Å²) >= 11 is 0. The molecule has 0 saturated heterocycles. The zero-order chi connectivity index (χ0) is 11.1. The molecule has 0 fully saturated rings. The Balaban J connectivity index is 4.10. The van der Waals surface area contributed by atoms with Crippen LogP contribution >= 0.6 is 0 Å². The smallest absolute Gasteiger partial charge is 0.234 e. The Morgan fingerprint density at radius 2 is 2.07 bits per heavy atom. The summed E-state index contributed by atoms with van der Waals surface area (Å²) in [6.07, 6.45) is -0.0589. The van der Waals surface area contributed by atoms with Gasteiger partial charge in [-0.15, -0.1) is 0 Å². The van der Waals surface area contributed by atoms with E-state index >= 15 is 0 Å². The molecule has 0 aromatic heterocycles. The van der Waals surface area contributed by atoms with Crippen LogP contribution < -0.4 is 5.32 Å². The van der Waals surface area contributed by atoms with Crippen LogP contribution in [0.3, 0.4) is 0 Å². The maximum Gasteiger partial charge on any atom is 0.234 e. The van der Waals surface area contributed by atoms with Crippen LogP contribution in [0.2, 0.25) is 0 Å². The van der Waals surface area contributed by atoms with E-state index in [0.29, 0.717) is 5.92 Å². The summed E-state index contributed by atoms with van der Waals surface area (Å²) in [6.45, 7) is 4.91. The van der Waals surface area contributed by atoms with Crippen LogP contribution in [0.25, 0.3) is 0 Å². The molecule has 0 saturated carbocycles. The van der Waals surface area contributed by atoms with Crippen LogP contribution in [0.1, 0.15) is 20.3 Å². The first-order valence-electron chi connectivity index (χ1n) is 4.78. The predicted molar refractivity (Wildman–Crippen MR) is 55.6 cm³/mol. The lowest BCUT2D eigenvalue weighted by atomic mass is 10.0. The molecule has 4 nitrogen and oxygen atoms in total. The molecule has 0 aliphatic heterocycles. The van der Waals surface area contributed by atoms with E-state index in [0.717, 1.165) is 6.54 Å². The Morgan fingerprint density at radius 1 is 1.50 bits per heavy atom. The van der Waals surface area contributed by atoms with E-state index in [4.69, 9.17) is 5.26 Å². The third kappa shape index (κ3) is 5.55. The monoisotopic (exact) mass is 197 g/mol. The number of nitrogens with one attached hydrogen (secondary N) is 1. The van der Waals surface area contributed by atoms with Gasteiger partial charge in [-0.3, -0.25) is 4.79 Å². The van der Waals surface area contributed by atoms with Crippen molar-refractivity contribution in [2.45, 2.75) is 26.3 Å². The number of rotatable bonds is 5. The number of nitrogens with zero attached hydrogens (tertiary/aromatic N) is 2. The molecule has 0 spiro atoms. The summed E-state index contributed by atoms with van der Waals surface area (Å²) in [7, 11) is 3.93. The summed E-state index contributed by atoms with van der Waals surface area (Å²) < 4.78 is 0. The van der Waals surface area contributed by atoms with Crippen LogP contribution in [0.4, 0.5) is 0 Å². The molecule has 0 heterocycles. The Morgan fingerprint density at radius 3 is 2.43 bits per heavy atom. The molecule has 1 unspecified atom stereocenters. The average Bonchev–Trinajstić information content (AvgIpc) is 2.02. The predicted octanol–water partition coefficient (Wildman–Crippen LogP) is 0.602. The van der Waals surface area contributed by atoms with Gasteiger partial charge >= 0.3 is 0 Å². The molecule has 1 atom stereocenters. The molecule has 0 aliphatic carbocycles. The second-order valence-electron chi connectivity index (χ2n) is 4.02. The summed E-state index contributed by atoms with van der Waals surface area (Å²) in [5.41, 5.74) is 0. The van der Waals surface area contributed by atoms with E-state index in [2.05, 4.69) is 19.2 Å². The largest absolute Gasteiger partial charge is 0.351 e. The molecule has 0 rings (SSSR count). The Kier molecular flexibility index (Phi) is 5.89. The van der Waals surface area contributed by atoms with Gasteiger partial charge in [0.15, 0.2) is 0 Å². The van der Waals surface area contributed by atoms with Gasteiger partial charge in [-0.05, 0) is 20.0 Å². The molecule has 0 aromatic carbocycles. The van der Waals surface area contributed by atoms with Gasteiger partial charge in [0.1, 0.15) is 6.42 Å². The fourth-order valence-electron chi connectivity index (χ4n) is 1.15. The molecule has 80 valence electrons. The van der Waals surface area contributed by atoms with Gasteiger partial charge < -0.3 is 10.2 Å². The van der Waals surface area contributed by atoms with Crippen LogP contribution in [-0.2, 0) is 4.79 Å². The van der Waals surface area contributed by atoms with E-state index in [9.17, 15) is 4.79 Å². The first-order valence-corrected chi connectivity index (χ1v) is 4.78. The molecule has 1 amide bonds. The lowest BCUT2D eigenvalue weighted by Gasteiger charge is -2.25. The van der Waals surface area contributed by atoms with Crippen molar-refractivity contribution in [3.05, 3.63) is 0 Å². The Labute approximate surface area is 85.9 Å². The number of carbonyl (C=O) groups is 1. The molecule has 1 N–H and O–H groups in total. The van der Waals surface area contributed by atoms with Crippen molar-refractivity contribution in [1.82, 2.24) is 10.2 Å². The lowest BCUT2D eigenvalue weighted by Crippen LogP contribution is -2.44. The zero-order valence-electron chi connectivity index (χ0n) is 9.37. The van der Waals surface area contributed by atoms with E-state index in [1.807, 2.05) is 25.1 Å². The van der Waals surface area contributed by atoms with Gasteiger partial charge in [0.25, 0.3) is 0 Å². The highest BCUT2D eigenvalue weighted by molar-refractivity contribution is 5.78. The minimum absolute atomic E-state index is 0.0589. The maximum atomic E-state index is 11.2. The number of carbonyl (C=O) groups excluding carboxylic acids is 1. The van der Waals surface area contributed by atoms with Gasteiger partial charge in [0, 0.05) is 12.6 Å². The van der Waals surface area contributed by atoms with Crippen molar-refractivity contribution in [2.24, 2.45) is 5.92 Å². The van der Waals surface area contributed by atoms with Gasteiger partial charge in [0.05, 0.1) is 6.07 Å². The summed E-state index contributed by atoms with van der Waals surface area (Å²) in [5.74, 6) is 0.188. The SMILES string of the molecule is CC(C)C(CN(C)C)NC(=O)CC#N. The molecular weight excluding hydrogens is 178 g/mol. The van der Waals surface area contributed by atoms with Crippen LogP contribution in [0, 0.1) is 17.2 Å². The van der Waals surface area contributed by atoms with Crippen LogP contribution in [0.5, 0.6) is 0 Å². The average molecular weight is 197 g/mol. The van der Waals surface area contributed by atoms with Crippen molar-refractivity contribution in [3.8, 4) is 6.07 Å². The number of amides is 1.